The topological polar surface area (TPSA) is 89.9 Å². The zero-order valence-electron chi connectivity index (χ0n) is 11.1. The third kappa shape index (κ3) is 3.13. The number of carbonyl (C=O) groups excluding carboxylic acids is 1. The third-order valence-electron chi connectivity index (χ3n) is 3.54. The van der Waals surface area contributed by atoms with Gasteiger partial charge in [0.15, 0.2) is 0 Å². The first-order valence-electron chi connectivity index (χ1n) is 6.29. The molecule has 6 heteroatoms. The number of hydrogen-bond donors (Lipinski definition) is 3. The Morgan fingerprint density at radius 3 is 2.50 bits per heavy atom. The van der Waals surface area contributed by atoms with Gasteiger partial charge in [0, 0.05) is 6.54 Å². The van der Waals surface area contributed by atoms with Crippen molar-refractivity contribution in [2.45, 2.75) is 39.3 Å². The van der Waals surface area contributed by atoms with Crippen molar-refractivity contribution in [3.63, 3.8) is 0 Å². The van der Waals surface area contributed by atoms with Gasteiger partial charge >= 0.3 is 12.0 Å². The van der Waals surface area contributed by atoms with Gasteiger partial charge in [-0.1, -0.05) is 20.8 Å². The van der Waals surface area contributed by atoms with Crippen LogP contribution in [-0.2, 0) is 4.79 Å². The maximum atomic E-state index is 12.0. The van der Waals surface area contributed by atoms with E-state index in [0.29, 0.717) is 6.54 Å². The summed E-state index contributed by atoms with van der Waals surface area (Å²) in [4.78, 5) is 24.6. The molecule has 1 aliphatic heterocycles. The minimum Gasteiger partial charge on any atom is -0.480 e. The lowest BCUT2D eigenvalue weighted by Crippen LogP contribution is -2.52. The number of aliphatic carboxylic acids is 1. The lowest BCUT2D eigenvalue weighted by atomic mass is 10.0. The largest absolute Gasteiger partial charge is 0.480 e. The number of carboxylic acid groups (broad SMARTS) is 1. The Kier molecular flexibility index (Phi) is 4.95. The first kappa shape index (κ1) is 14.8. The first-order chi connectivity index (χ1) is 8.38. The summed E-state index contributed by atoms with van der Waals surface area (Å²) in [5, 5.41) is 20.8. The van der Waals surface area contributed by atoms with E-state index in [1.54, 1.807) is 13.8 Å². The van der Waals surface area contributed by atoms with Crippen molar-refractivity contribution in [3.05, 3.63) is 0 Å². The Morgan fingerprint density at radius 2 is 2.06 bits per heavy atom. The highest BCUT2D eigenvalue weighted by atomic mass is 16.4. The molecular formula is C12H22N2O4. The van der Waals surface area contributed by atoms with Gasteiger partial charge in [0.05, 0.1) is 12.6 Å². The Morgan fingerprint density at radius 1 is 1.44 bits per heavy atom. The summed E-state index contributed by atoms with van der Waals surface area (Å²) in [6, 6.07) is -1.51. The molecule has 1 saturated heterocycles. The lowest BCUT2D eigenvalue weighted by Gasteiger charge is -2.28. The molecule has 1 aliphatic rings. The zero-order chi connectivity index (χ0) is 13.9. The molecule has 0 saturated carbocycles. The summed E-state index contributed by atoms with van der Waals surface area (Å²) in [7, 11) is 0. The van der Waals surface area contributed by atoms with Crippen LogP contribution in [-0.4, -0.2) is 52.3 Å². The quantitative estimate of drug-likeness (QED) is 0.685. The number of aliphatic hydroxyl groups is 1. The summed E-state index contributed by atoms with van der Waals surface area (Å²) in [5.41, 5.74) is 0. The number of urea groups is 1. The van der Waals surface area contributed by atoms with Gasteiger partial charge < -0.3 is 20.4 Å². The highest BCUT2D eigenvalue weighted by Crippen LogP contribution is 2.23. The van der Waals surface area contributed by atoms with E-state index in [-0.39, 0.29) is 24.5 Å². The first-order valence-corrected chi connectivity index (χ1v) is 6.29. The summed E-state index contributed by atoms with van der Waals surface area (Å²) in [6.45, 7) is 5.94. The van der Waals surface area contributed by atoms with Crippen molar-refractivity contribution in [1.29, 1.82) is 0 Å². The molecule has 0 aromatic rings. The molecule has 1 rings (SSSR count). The van der Waals surface area contributed by atoms with E-state index >= 15 is 0 Å². The Labute approximate surface area is 107 Å². The molecule has 104 valence electrons. The van der Waals surface area contributed by atoms with E-state index in [2.05, 4.69) is 5.32 Å². The van der Waals surface area contributed by atoms with Crippen molar-refractivity contribution < 1.29 is 19.8 Å². The van der Waals surface area contributed by atoms with Crippen LogP contribution < -0.4 is 5.32 Å². The number of rotatable bonds is 4. The Balaban J connectivity index is 2.67. The second kappa shape index (κ2) is 6.04. The van der Waals surface area contributed by atoms with Crippen molar-refractivity contribution in [1.82, 2.24) is 10.2 Å². The SMILES string of the molecule is CC1CCN(C(=O)N[C@H](C(=O)O)C(C)C)C1CO. The summed E-state index contributed by atoms with van der Waals surface area (Å²) >= 11 is 0. The summed E-state index contributed by atoms with van der Waals surface area (Å²) in [6.07, 6.45) is 0.831. The van der Waals surface area contributed by atoms with Gasteiger partial charge in [-0.05, 0) is 18.3 Å². The molecule has 2 unspecified atom stereocenters. The molecule has 6 nitrogen and oxygen atoms in total. The van der Waals surface area contributed by atoms with E-state index in [9.17, 15) is 14.7 Å². The minimum atomic E-state index is -1.04. The molecule has 2 amide bonds. The normalized spacial score (nSPS) is 25.3. The van der Waals surface area contributed by atoms with Crippen LogP contribution in [0.3, 0.4) is 0 Å². The highest BCUT2D eigenvalue weighted by Gasteiger charge is 2.35. The predicted molar refractivity (Wildman–Crippen MR) is 66.2 cm³/mol. The van der Waals surface area contributed by atoms with E-state index in [1.807, 2.05) is 6.92 Å². The number of amides is 2. The number of hydrogen-bond acceptors (Lipinski definition) is 3. The van der Waals surface area contributed by atoms with E-state index < -0.39 is 18.0 Å². The van der Waals surface area contributed by atoms with Crippen molar-refractivity contribution in [2.75, 3.05) is 13.2 Å². The average Bonchev–Trinajstić information content (AvgIpc) is 2.65. The zero-order valence-corrected chi connectivity index (χ0v) is 11.1. The molecule has 0 aliphatic carbocycles. The number of nitrogens with one attached hydrogen (secondary N) is 1. The van der Waals surface area contributed by atoms with Crippen LogP contribution in [0.4, 0.5) is 4.79 Å². The standard InChI is InChI=1S/C12H22N2O4/c1-7(2)10(11(16)17)13-12(18)14-5-4-8(3)9(14)6-15/h7-10,15H,4-6H2,1-3H3,(H,13,18)(H,16,17)/t8?,9?,10-/m0/s1. The number of carbonyl (C=O) groups is 2. The van der Waals surface area contributed by atoms with Gasteiger partial charge in [-0.2, -0.15) is 0 Å². The predicted octanol–water partition coefficient (Wildman–Crippen LogP) is 0.508. The molecular weight excluding hydrogens is 236 g/mol. The molecule has 1 heterocycles. The minimum absolute atomic E-state index is 0.0893. The van der Waals surface area contributed by atoms with Gasteiger partial charge in [0.25, 0.3) is 0 Å². The molecule has 3 N–H and O–H groups in total. The van der Waals surface area contributed by atoms with Gasteiger partial charge in [-0.3, -0.25) is 0 Å². The van der Waals surface area contributed by atoms with Gasteiger partial charge in [0.2, 0.25) is 0 Å². The van der Waals surface area contributed by atoms with Crippen LogP contribution in [0.1, 0.15) is 27.2 Å². The number of aliphatic hydroxyl groups excluding tert-OH is 1. The van der Waals surface area contributed by atoms with Crippen LogP contribution >= 0.6 is 0 Å². The second-order valence-corrected chi connectivity index (χ2v) is 5.22. The molecule has 0 spiro atoms. The number of carboxylic acids is 1. The summed E-state index contributed by atoms with van der Waals surface area (Å²) < 4.78 is 0. The maximum Gasteiger partial charge on any atom is 0.326 e. The molecule has 0 aromatic carbocycles. The van der Waals surface area contributed by atoms with Gasteiger partial charge in [-0.15, -0.1) is 0 Å². The maximum absolute atomic E-state index is 12.0. The van der Waals surface area contributed by atoms with Crippen LogP contribution in [0.2, 0.25) is 0 Å². The molecule has 18 heavy (non-hydrogen) atoms. The molecule has 0 aromatic heterocycles. The fourth-order valence-electron chi connectivity index (χ4n) is 2.27. The Bertz CT molecular complexity index is 319. The Hall–Kier alpha value is -1.30. The highest BCUT2D eigenvalue weighted by molar-refractivity contribution is 5.83. The molecule has 3 atom stereocenters. The monoisotopic (exact) mass is 258 g/mol. The van der Waals surface area contributed by atoms with Crippen molar-refractivity contribution >= 4 is 12.0 Å². The number of nitrogens with zero attached hydrogens (tertiary/aromatic N) is 1. The fourth-order valence-corrected chi connectivity index (χ4v) is 2.27. The average molecular weight is 258 g/mol. The van der Waals surface area contributed by atoms with Crippen molar-refractivity contribution in [2.24, 2.45) is 11.8 Å². The van der Waals surface area contributed by atoms with E-state index in [4.69, 9.17) is 5.11 Å². The van der Waals surface area contributed by atoms with E-state index in [0.717, 1.165) is 6.42 Å². The van der Waals surface area contributed by atoms with Gasteiger partial charge in [-0.25, -0.2) is 9.59 Å². The molecule has 0 bridgehead atoms. The van der Waals surface area contributed by atoms with Gasteiger partial charge in [0.1, 0.15) is 6.04 Å². The van der Waals surface area contributed by atoms with E-state index in [1.165, 1.54) is 4.90 Å². The van der Waals surface area contributed by atoms with Crippen LogP contribution in [0.25, 0.3) is 0 Å². The van der Waals surface area contributed by atoms with Crippen LogP contribution in [0.5, 0.6) is 0 Å². The smallest absolute Gasteiger partial charge is 0.326 e. The number of likely N-dealkylation sites (tertiary alicyclic amines) is 1. The van der Waals surface area contributed by atoms with Crippen LogP contribution in [0.15, 0.2) is 0 Å². The molecule has 1 fully saturated rings. The lowest BCUT2D eigenvalue weighted by molar-refractivity contribution is -0.140. The third-order valence-corrected chi connectivity index (χ3v) is 3.54. The second-order valence-electron chi connectivity index (χ2n) is 5.22. The molecule has 0 radical (unpaired) electrons. The van der Waals surface area contributed by atoms with Crippen molar-refractivity contribution in [3.8, 4) is 0 Å². The fraction of sp³-hybridized carbons (Fsp3) is 0.833. The van der Waals surface area contributed by atoms with Crippen LogP contribution in [0, 0.1) is 11.8 Å². The summed E-state index contributed by atoms with van der Waals surface area (Å²) in [5.74, 6) is -0.978.